The summed E-state index contributed by atoms with van der Waals surface area (Å²) in [7, 11) is 0. The number of rotatable bonds is 5. The van der Waals surface area contributed by atoms with Crippen molar-refractivity contribution < 1.29 is 4.79 Å². The van der Waals surface area contributed by atoms with Gasteiger partial charge in [0.1, 0.15) is 5.54 Å². The third kappa shape index (κ3) is 4.31. The minimum Gasteiger partial charge on any atom is -0.378 e. The summed E-state index contributed by atoms with van der Waals surface area (Å²) >= 11 is 2.77. The molecule has 0 fully saturated rings. The number of hydrogen-bond donors (Lipinski definition) is 1. The zero-order valence-electron chi connectivity index (χ0n) is 16.0. The fourth-order valence-electron chi connectivity index (χ4n) is 3.30. The van der Waals surface area contributed by atoms with E-state index in [1.807, 2.05) is 54.8 Å². The molecule has 1 atom stereocenters. The molecule has 5 nitrogen and oxygen atoms in total. The lowest BCUT2D eigenvalue weighted by Crippen LogP contribution is -2.28. The van der Waals surface area contributed by atoms with E-state index in [-0.39, 0.29) is 12.2 Å². The van der Waals surface area contributed by atoms with Crippen LogP contribution in [0.4, 0.5) is 0 Å². The van der Waals surface area contributed by atoms with Gasteiger partial charge in [-0.05, 0) is 29.5 Å². The number of hydrogen-bond acceptors (Lipinski definition) is 7. The fourth-order valence-corrected chi connectivity index (χ4v) is 4.97. The van der Waals surface area contributed by atoms with Gasteiger partial charge in [0.2, 0.25) is 0 Å². The molecule has 29 heavy (non-hydrogen) atoms. The summed E-state index contributed by atoms with van der Waals surface area (Å²) in [4.78, 5) is 27.4. The smallest absolute Gasteiger partial charge is 0.195 e. The Morgan fingerprint density at radius 1 is 1.28 bits per heavy atom. The monoisotopic (exact) mass is 420 g/mol. The highest BCUT2D eigenvalue weighted by Crippen LogP contribution is 2.39. The standard InChI is InChI=1S/C22H20N4OS2/c1-14-12-22(2,26-21(23)29-14)19-11-15(8-9-24-19)10-18(27)20-25-17(13-28-20)16-6-4-3-5-7-16/h3-9,11,13H,1,10,12H2,2H3,(H2,23,26)/t22-/m0/s1. The molecule has 1 aromatic carbocycles. The number of Topliss-reactive ketones (excluding diaryl/α,β-unsaturated/α-hetero) is 1. The molecule has 0 bridgehead atoms. The summed E-state index contributed by atoms with van der Waals surface area (Å²) in [5, 5.41) is 2.92. The number of nitrogens with two attached hydrogens (primary N) is 1. The number of carbonyl (C=O) groups is 1. The van der Waals surface area contributed by atoms with Crippen molar-refractivity contribution in [3.05, 3.63) is 81.8 Å². The van der Waals surface area contributed by atoms with E-state index >= 15 is 0 Å². The second-order valence-electron chi connectivity index (χ2n) is 7.09. The molecular formula is C22H20N4OS2. The Balaban J connectivity index is 1.54. The number of aromatic nitrogens is 2. The van der Waals surface area contributed by atoms with Crippen LogP contribution in [0.3, 0.4) is 0 Å². The van der Waals surface area contributed by atoms with Crippen molar-refractivity contribution >= 4 is 34.0 Å². The molecule has 3 aromatic rings. The van der Waals surface area contributed by atoms with Crippen molar-refractivity contribution in [2.24, 2.45) is 10.7 Å². The van der Waals surface area contributed by atoms with Crippen molar-refractivity contribution in [2.45, 2.75) is 25.3 Å². The van der Waals surface area contributed by atoms with Gasteiger partial charge in [-0.15, -0.1) is 11.3 Å². The van der Waals surface area contributed by atoms with Gasteiger partial charge in [0.05, 0.1) is 11.4 Å². The topological polar surface area (TPSA) is 81.2 Å². The van der Waals surface area contributed by atoms with E-state index in [0.29, 0.717) is 16.6 Å². The Morgan fingerprint density at radius 2 is 2.07 bits per heavy atom. The Labute approximate surface area is 177 Å². The molecule has 2 N–H and O–H groups in total. The first-order valence-corrected chi connectivity index (χ1v) is 10.8. The first-order chi connectivity index (χ1) is 13.9. The van der Waals surface area contributed by atoms with Gasteiger partial charge in [-0.1, -0.05) is 48.7 Å². The maximum absolute atomic E-state index is 12.8. The molecule has 0 unspecified atom stereocenters. The Hall–Kier alpha value is -2.77. The number of amidine groups is 1. The molecule has 0 radical (unpaired) electrons. The Bertz CT molecular complexity index is 1110. The molecule has 4 rings (SSSR count). The highest BCUT2D eigenvalue weighted by atomic mass is 32.2. The van der Waals surface area contributed by atoms with Crippen LogP contribution in [-0.2, 0) is 12.0 Å². The van der Waals surface area contributed by atoms with Gasteiger partial charge in [0, 0.05) is 30.0 Å². The van der Waals surface area contributed by atoms with E-state index in [4.69, 9.17) is 5.73 Å². The van der Waals surface area contributed by atoms with Crippen molar-refractivity contribution in [2.75, 3.05) is 0 Å². The van der Waals surface area contributed by atoms with Crippen LogP contribution in [0, 0.1) is 0 Å². The van der Waals surface area contributed by atoms with E-state index in [0.717, 1.165) is 27.4 Å². The lowest BCUT2D eigenvalue weighted by molar-refractivity contribution is 0.0992. The van der Waals surface area contributed by atoms with E-state index in [2.05, 4.69) is 21.5 Å². The van der Waals surface area contributed by atoms with Crippen LogP contribution in [-0.4, -0.2) is 20.9 Å². The molecule has 1 aliphatic rings. The minimum absolute atomic E-state index is 0.00823. The maximum Gasteiger partial charge on any atom is 0.195 e. The summed E-state index contributed by atoms with van der Waals surface area (Å²) in [5.41, 5.74) is 8.89. The summed E-state index contributed by atoms with van der Waals surface area (Å²) in [6.45, 7) is 6.03. The summed E-state index contributed by atoms with van der Waals surface area (Å²) in [6.07, 6.45) is 2.65. The van der Waals surface area contributed by atoms with E-state index in [1.54, 1.807) is 6.20 Å². The molecule has 0 spiro atoms. The molecule has 0 saturated heterocycles. The number of nitrogens with zero attached hydrogens (tertiary/aromatic N) is 3. The van der Waals surface area contributed by atoms with E-state index in [9.17, 15) is 4.79 Å². The molecule has 7 heteroatoms. The number of thiazole rings is 1. The van der Waals surface area contributed by atoms with E-state index < -0.39 is 5.54 Å². The average molecular weight is 421 g/mol. The van der Waals surface area contributed by atoms with Crippen molar-refractivity contribution in [3.63, 3.8) is 0 Å². The second-order valence-corrected chi connectivity index (χ2v) is 9.15. The first kappa shape index (κ1) is 19.5. The van der Waals surface area contributed by atoms with Crippen LogP contribution in [0.2, 0.25) is 0 Å². The van der Waals surface area contributed by atoms with E-state index in [1.165, 1.54) is 23.1 Å². The van der Waals surface area contributed by atoms with Gasteiger partial charge >= 0.3 is 0 Å². The predicted octanol–water partition coefficient (Wildman–Crippen LogP) is 4.81. The van der Waals surface area contributed by atoms with Gasteiger partial charge in [-0.2, -0.15) is 0 Å². The Kier molecular flexibility index (Phi) is 5.34. The van der Waals surface area contributed by atoms with Crippen LogP contribution < -0.4 is 5.73 Å². The van der Waals surface area contributed by atoms with Crippen molar-refractivity contribution in [1.82, 2.24) is 9.97 Å². The zero-order chi connectivity index (χ0) is 20.4. The van der Waals surface area contributed by atoms with Gasteiger partial charge in [-0.25, -0.2) is 9.98 Å². The molecule has 2 aromatic heterocycles. The fraction of sp³-hybridized carbons (Fsp3) is 0.182. The average Bonchev–Trinajstić information content (AvgIpc) is 3.18. The molecule has 0 saturated carbocycles. The predicted molar refractivity (Wildman–Crippen MR) is 120 cm³/mol. The third-order valence-corrected chi connectivity index (χ3v) is 6.32. The number of ketones is 1. The molecule has 0 aliphatic carbocycles. The van der Waals surface area contributed by atoms with Crippen molar-refractivity contribution in [1.29, 1.82) is 0 Å². The normalized spacial score (nSPS) is 19.1. The number of benzene rings is 1. The lowest BCUT2D eigenvalue weighted by Gasteiger charge is -2.30. The van der Waals surface area contributed by atoms with Crippen LogP contribution in [0.1, 0.15) is 34.4 Å². The molecule has 1 aliphatic heterocycles. The lowest BCUT2D eigenvalue weighted by atomic mass is 9.92. The zero-order valence-corrected chi connectivity index (χ0v) is 17.6. The third-order valence-electron chi connectivity index (χ3n) is 4.70. The second kappa shape index (κ2) is 7.93. The van der Waals surface area contributed by atoms with Crippen LogP contribution in [0.15, 0.2) is 70.5 Å². The van der Waals surface area contributed by atoms with Gasteiger partial charge in [0.15, 0.2) is 16.0 Å². The first-order valence-electron chi connectivity index (χ1n) is 9.13. The molecular weight excluding hydrogens is 400 g/mol. The number of pyridine rings is 1. The summed E-state index contributed by atoms with van der Waals surface area (Å²) in [6, 6.07) is 13.6. The van der Waals surface area contributed by atoms with Crippen molar-refractivity contribution in [3.8, 4) is 11.3 Å². The molecule has 3 heterocycles. The maximum atomic E-state index is 12.8. The molecule has 146 valence electrons. The number of aliphatic imine (C=N–C) groups is 1. The number of carbonyl (C=O) groups excluding carboxylic acids is 1. The van der Waals surface area contributed by atoms with Crippen LogP contribution in [0.5, 0.6) is 0 Å². The van der Waals surface area contributed by atoms with Gasteiger partial charge in [0.25, 0.3) is 0 Å². The Morgan fingerprint density at radius 3 is 2.83 bits per heavy atom. The van der Waals surface area contributed by atoms with Gasteiger partial charge < -0.3 is 5.73 Å². The largest absolute Gasteiger partial charge is 0.378 e. The quantitative estimate of drug-likeness (QED) is 0.599. The van der Waals surface area contributed by atoms with Gasteiger partial charge in [-0.3, -0.25) is 9.78 Å². The summed E-state index contributed by atoms with van der Waals surface area (Å²) < 4.78 is 0. The highest BCUT2D eigenvalue weighted by Gasteiger charge is 2.33. The van der Waals surface area contributed by atoms with Crippen LogP contribution in [0.25, 0.3) is 11.3 Å². The highest BCUT2D eigenvalue weighted by molar-refractivity contribution is 8.17. The number of thioether (sulfide) groups is 1. The van der Waals surface area contributed by atoms with Crippen LogP contribution >= 0.6 is 23.1 Å². The minimum atomic E-state index is -0.562. The molecule has 0 amide bonds. The summed E-state index contributed by atoms with van der Waals surface area (Å²) in [5.74, 6) is -0.00823. The SMILES string of the molecule is C=C1C[C@@](C)(c2cc(CC(=O)c3nc(-c4ccccc4)cs3)ccn2)N=C(N)S1.